The number of hydrogen-bond donors (Lipinski definition) is 4. The zero-order valence-electron chi connectivity index (χ0n) is 5.73. The van der Waals surface area contributed by atoms with Crippen molar-refractivity contribution in [3.8, 4) is 0 Å². The molecule has 0 saturated heterocycles. The van der Waals surface area contributed by atoms with Gasteiger partial charge in [-0.25, -0.2) is 32.6 Å². The minimum Gasteiger partial charge on any atom is -0.308 e. The smallest absolute Gasteiger partial charge is 0.163 e. The van der Waals surface area contributed by atoms with Gasteiger partial charge in [0.2, 0.25) is 0 Å². The Morgan fingerprint density at radius 2 is 2.09 bits per heavy atom. The predicted octanol–water partition coefficient (Wildman–Crippen LogP) is -1.68. The van der Waals surface area contributed by atoms with Crippen molar-refractivity contribution in [2.75, 3.05) is 10.5 Å². The van der Waals surface area contributed by atoms with Crippen molar-refractivity contribution in [2.45, 2.75) is 0 Å². The van der Waals surface area contributed by atoms with Crippen LogP contribution < -0.4 is 28.1 Å². The maximum absolute atomic E-state index is 5.19. The van der Waals surface area contributed by atoms with Gasteiger partial charge in [-0.2, -0.15) is 0 Å². The summed E-state index contributed by atoms with van der Waals surface area (Å²) < 4.78 is 0. The second kappa shape index (κ2) is 3.10. The second-order valence-electron chi connectivity index (χ2n) is 1.81. The molecule has 1 aromatic rings. The van der Waals surface area contributed by atoms with Crippen molar-refractivity contribution in [3.05, 3.63) is 12.4 Å². The minimum absolute atomic E-state index is 0.382. The highest BCUT2D eigenvalue weighted by Crippen LogP contribution is 2.06. The highest BCUT2D eigenvalue weighted by atomic mass is 15.6. The lowest BCUT2D eigenvalue weighted by Gasteiger charge is -2.09. The van der Waals surface area contributed by atoms with E-state index in [-0.39, 0.29) is 0 Å². The van der Waals surface area contributed by atoms with E-state index in [1.807, 2.05) is 0 Å². The molecular weight excluding hydrogens is 146 g/mol. The van der Waals surface area contributed by atoms with Gasteiger partial charge in [0.15, 0.2) is 5.82 Å². The molecule has 0 spiro atoms. The summed E-state index contributed by atoms with van der Waals surface area (Å²) in [5, 5.41) is 0.878. The van der Waals surface area contributed by atoms with Gasteiger partial charge < -0.3 is 5.43 Å². The first-order chi connectivity index (χ1) is 5.24. The standard InChI is InChI=1S/C4H9N7/c5-10-3-1-4(11(6)7)9-2-8-3/h1-2H,5-7H2,(H,8,9,10). The van der Waals surface area contributed by atoms with Gasteiger partial charge in [-0.1, -0.05) is 0 Å². The molecule has 0 aliphatic rings. The molecule has 0 aromatic carbocycles. The van der Waals surface area contributed by atoms with E-state index >= 15 is 0 Å². The van der Waals surface area contributed by atoms with Crippen LogP contribution in [0.1, 0.15) is 0 Å². The summed E-state index contributed by atoms with van der Waals surface area (Å²) in [7, 11) is 0. The van der Waals surface area contributed by atoms with Crippen LogP contribution in [-0.2, 0) is 0 Å². The highest BCUT2D eigenvalue weighted by molar-refractivity contribution is 5.45. The van der Waals surface area contributed by atoms with Gasteiger partial charge in [-0.15, -0.1) is 0 Å². The van der Waals surface area contributed by atoms with Gasteiger partial charge in [0.05, 0.1) is 0 Å². The lowest BCUT2D eigenvalue weighted by molar-refractivity contribution is 0.888. The van der Waals surface area contributed by atoms with Crippen LogP contribution in [0.15, 0.2) is 12.4 Å². The Balaban J connectivity index is 2.91. The summed E-state index contributed by atoms with van der Waals surface area (Å²) in [4.78, 5) is 7.51. The number of nitrogen functional groups attached to an aromatic ring is 1. The fourth-order valence-electron chi connectivity index (χ4n) is 0.567. The van der Waals surface area contributed by atoms with Gasteiger partial charge in [0.25, 0.3) is 0 Å². The molecule has 0 saturated carbocycles. The molecule has 11 heavy (non-hydrogen) atoms. The molecule has 7 nitrogen and oxygen atoms in total. The first kappa shape index (κ1) is 7.66. The van der Waals surface area contributed by atoms with Crippen LogP contribution in [0.2, 0.25) is 0 Å². The zero-order valence-corrected chi connectivity index (χ0v) is 5.73. The monoisotopic (exact) mass is 155 g/mol. The first-order valence-corrected chi connectivity index (χ1v) is 2.82. The van der Waals surface area contributed by atoms with Crippen molar-refractivity contribution in [3.63, 3.8) is 0 Å². The van der Waals surface area contributed by atoms with Crippen molar-refractivity contribution in [2.24, 2.45) is 17.5 Å². The van der Waals surface area contributed by atoms with E-state index in [0.29, 0.717) is 11.6 Å². The molecule has 0 unspecified atom stereocenters. The molecule has 1 rings (SSSR count). The van der Waals surface area contributed by atoms with Crippen LogP contribution in [0.4, 0.5) is 11.6 Å². The minimum atomic E-state index is 0.382. The Bertz CT molecular complexity index is 234. The zero-order chi connectivity index (χ0) is 8.27. The SMILES string of the molecule is NNc1cc(N(N)N)ncn1. The molecule has 60 valence electrons. The van der Waals surface area contributed by atoms with Crippen molar-refractivity contribution < 1.29 is 0 Å². The Kier molecular flexibility index (Phi) is 2.16. The maximum atomic E-state index is 5.19. The van der Waals surface area contributed by atoms with Crippen molar-refractivity contribution in [1.82, 2.24) is 9.97 Å². The Morgan fingerprint density at radius 1 is 1.36 bits per heavy atom. The second-order valence-corrected chi connectivity index (χ2v) is 1.81. The summed E-state index contributed by atoms with van der Waals surface area (Å²) in [6.07, 6.45) is 1.30. The number of nitrogens with one attached hydrogen (secondary N) is 1. The molecule has 0 radical (unpaired) electrons. The quantitative estimate of drug-likeness (QED) is 0.297. The van der Waals surface area contributed by atoms with Crippen LogP contribution in [0.5, 0.6) is 0 Å². The number of rotatable bonds is 2. The first-order valence-electron chi connectivity index (χ1n) is 2.82. The highest BCUT2D eigenvalue weighted by Gasteiger charge is 1.98. The number of hydrazine groups is 3. The fraction of sp³-hybridized carbons (Fsp3) is 0. The summed E-state index contributed by atoms with van der Waals surface area (Å²) in [6.45, 7) is 0. The van der Waals surface area contributed by atoms with Gasteiger partial charge in [0.1, 0.15) is 12.1 Å². The van der Waals surface area contributed by atoms with Crippen LogP contribution in [0.3, 0.4) is 0 Å². The Morgan fingerprint density at radius 3 is 2.64 bits per heavy atom. The largest absolute Gasteiger partial charge is 0.308 e. The lowest BCUT2D eigenvalue weighted by atomic mass is 10.5. The third kappa shape index (κ3) is 1.74. The topological polar surface area (TPSA) is 119 Å². The summed E-state index contributed by atoms with van der Waals surface area (Å²) in [5.74, 6) is 16.3. The molecule has 0 amide bonds. The lowest BCUT2D eigenvalue weighted by Crippen LogP contribution is -2.38. The molecular formula is C4H9N7. The molecule has 0 bridgehead atoms. The molecule has 1 aromatic heterocycles. The van der Waals surface area contributed by atoms with Gasteiger partial charge >= 0.3 is 0 Å². The van der Waals surface area contributed by atoms with E-state index in [2.05, 4.69) is 15.4 Å². The van der Waals surface area contributed by atoms with E-state index < -0.39 is 0 Å². The van der Waals surface area contributed by atoms with E-state index in [0.717, 1.165) is 5.12 Å². The van der Waals surface area contributed by atoms with E-state index in [4.69, 9.17) is 17.5 Å². The van der Waals surface area contributed by atoms with Crippen LogP contribution in [0, 0.1) is 0 Å². The fourth-order valence-corrected chi connectivity index (χ4v) is 0.567. The van der Waals surface area contributed by atoms with E-state index in [1.165, 1.54) is 12.4 Å². The predicted molar refractivity (Wildman–Crippen MR) is 40.7 cm³/mol. The maximum Gasteiger partial charge on any atom is 0.163 e. The number of nitrogens with zero attached hydrogens (tertiary/aromatic N) is 3. The van der Waals surface area contributed by atoms with Gasteiger partial charge in [0, 0.05) is 6.07 Å². The van der Waals surface area contributed by atoms with Crippen LogP contribution in [0.25, 0.3) is 0 Å². The van der Waals surface area contributed by atoms with Gasteiger partial charge in [-0.05, 0) is 0 Å². The molecule has 0 atom stereocenters. The Hall–Kier alpha value is -1.44. The van der Waals surface area contributed by atoms with Crippen LogP contribution >= 0.6 is 0 Å². The van der Waals surface area contributed by atoms with Crippen molar-refractivity contribution in [1.29, 1.82) is 0 Å². The average molecular weight is 155 g/mol. The average Bonchev–Trinajstić information content (AvgIpc) is 2.05. The number of anilines is 2. The van der Waals surface area contributed by atoms with E-state index in [1.54, 1.807) is 0 Å². The number of aromatic nitrogens is 2. The number of nitrogens with two attached hydrogens (primary N) is 3. The van der Waals surface area contributed by atoms with E-state index in [9.17, 15) is 0 Å². The summed E-state index contributed by atoms with van der Waals surface area (Å²) >= 11 is 0. The summed E-state index contributed by atoms with van der Waals surface area (Å²) in [5.41, 5.74) is 2.33. The molecule has 0 aliphatic carbocycles. The van der Waals surface area contributed by atoms with Crippen LogP contribution in [-0.4, -0.2) is 9.97 Å². The molecule has 7 heteroatoms. The van der Waals surface area contributed by atoms with Crippen molar-refractivity contribution >= 4 is 11.6 Å². The third-order valence-electron chi connectivity index (χ3n) is 1.07. The molecule has 0 aliphatic heterocycles. The third-order valence-corrected chi connectivity index (χ3v) is 1.07. The Labute approximate surface area is 63.1 Å². The molecule has 1 heterocycles. The molecule has 7 N–H and O–H groups in total. The summed E-state index contributed by atoms with van der Waals surface area (Å²) in [6, 6.07) is 1.51. The number of hydrogen-bond acceptors (Lipinski definition) is 7. The normalized spacial score (nSPS) is 9.36. The van der Waals surface area contributed by atoms with Gasteiger partial charge in [-0.3, -0.25) is 0 Å². The molecule has 0 fully saturated rings.